The van der Waals surface area contributed by atoms with Crippen LogP contribution in [0.2, 0.25) is 0 Å². The summed E-state index contributed by atoms with van der Waals surface area (Å²) in [7, 11) is 2.00. The number of hydrogen-bond acceptors (Lipinski definition) is 3. The first-order valence-electron chi connectivity index (χ1n) is 5.44. The van der Waals surface area contributed by atoms with Crippen LogP contribution in [0.1, 0.15) is 19.4 Å². The molecule has 1 heterocycles. The molecule has 0 saturated carbocycles. The lowest BCUT2D eigenvalue weighted by Crippen LogP contribution is -2.26. The number of nitrogen functional groups attached to an aromatic ring is 1. The first kappa shape index (κ1) is 10.8. The molecule has 1 aromatic rings. The lowest BCUT2D eigenvalue weighted by atomic mass is 10.1. The molecule has 4 heteroatoms. The zero-order chi connectivity index (χ0) is 11.9. The Hall–Kier alpha value is -1.71. The van der Waals surface area contributed by atoms with Gasteiger partial charge in [0.25, 0.3) is 0 Å². The van der Waals surface area contributed by atoms with E-state index in [4.69, 9.17) is 5.73 Å². The summed E-state index contributed by atoms with van der Waals surface area (Å²) in [6.07, 6.45) is 0.436. The van der Waals surface area contributed by atoms with E-state index in [0.29, 0.717) is 12.5 Å². The highest BCUT2D eigenvalue weighted by Crippen LogP contribution is 2.33. The first-order chi connectivity index (χ1) is 7.49. The van der Waals surface area contributed by atoms with Gasteiger partial charge in [-0.25, -0.2) is 0 Å². The van der Waals surface area contributed by atoms with E-state index in [0.717, 1.165) is 22.6 Å². The van der Waals surface area contributed by atoms with E-state index in [1.165, 1.54) is 0 Å². The van der Waals surface area contributed by atoms with Crippen molar-refractivity contribution in [2.75, 3.05) is 23.0 Å². The van der Waals surface area contributed by atoms with Gasteiger partial charge >= 0.3 is 0 Å². The second kappa shape index (κ2) is 3.70. The molecular formula is C12H17N3O. The second-order valence-electron chi connectivity index (χ2n) is 4.50. The number of nitrogens with one attached hydrogen (secondary N) is 1. The summed E-state index contributed by atoms with van der Waals surface area (Å²) in [4.78, 5) is 13.4. The van der Waals surface area contributed by atoms with Crippen molar-refractivity contribution in [3.05, 3.63) is 17.7 Å². The van der Waals surface area contributed by atoms with Crippen LogP contribution in [0.15, 0.2) is 12.1 Å². The number of carbonyl (C=O) groups excluding carboxylic acids is 1. The highest BCUT2D eigenvalue weighted by molar-refractivity contribution is 6.00. The quantitative estimate of drug-likeness (QED) is 0.743. The van der Waals surface area contributed by atoms with Crippen molar-refractivity contribution < 1.29 is 4.79 Å². The molecule has 4 nitrogen and oxygen atoms in total. The molecule has 0 aliphatic carbocycles. The fourth-order valence-corrected chi connectivity index (χ4v) is 1.87. The number of hydrogen-bond donors (Lipinski definition) is 2. The summed E-state index contributed by atoms with van der Waals surface area (Å²) in [5.74, 6) is 0.0405. The van der Waals surface area contributed by atoms with Crippen LogP contribution in [0.5, 0.6) is 0 Å². The van der Waals surface area contributed by atoms with Crippen molar-refractivity contribution in [3.8, 4) is 0 Å². The van der Waals surface area contributed by atoms with Gasteiger partial charge in [-0.2, -0.15) is 0 Å². The minimum Gasteiger partial charge on any atom is -0.397 e. The van der Waals surface area contributed by atoms with E-state index in [1.807, 2.05) is 19.2 Å². The average Bonchev–Trinajstić information content (AvgIpc) is 2.54. The lowest BCUT2D eigenvalue weighted by molar-refractivity contribution is -0.115. The van der Waals surface area contributed by atoms with Crippen molar-refractivity contribution in [1.29, 1.82) is 0 Å². The molecule has 1 aliphatic rings. The molecule has 86 valence electrons. The maximum atomic E-state index is 11.3. The van der Waals surface area contributed by atoms with Crippen LogP contribution in [0.25, 0.3) is 0 Å². The molecule has 0 aromatic heterocycles. The molecule has 1 aromatic carbocycles. The number of fused-ring (bicyclic) bond motifs is 1. The van der Waals surface area contributed by atoms with Crippen LogP contribution < -0.4 is 16.0 Å². The van der Waals surface area contributed by atoms with Gasteiger partial charge in [0.1, 0.15) is 0 Å². The number of carbonyl (C=O) groups is 1. The Bertz CT molecular complexity index is 440. The summed E-state index contributed by atoms with van der Waals surface area (Å²) in [6, 6.07) is 4.22. The van der Waals surface area contributed by atoms with Crippen molar-refractivity contribution in [1.82, 2.24) is 0 Å². The van der Waals surface area contributed by atoms with Gasteiger partial charge in [-0.1, -0.05) is 0 Å². The molecule has 0 bridgehead atoms. The van der Waals surface area contributed by atoms with Crippen LogP contribution >= 0.6 is 0 Å². The van der Waals surface area contributed by atoms with Crippen LogP contribution in [0.3, 0.4) is 0 Å². The number of amides is 1. The van der Waals surface area contributed by atoms with Crippen LogP contribution in [-0.4, -0.2) is 19.0 Å². The number of nitrogens with zero attached hydrogens (tertiary/aromatic N) is 1. The largest absolute Gasteiger partial charge is 0.397 e. The van der Waals surface area contributed by atoms with Crippen molar-refractivity contribution >= 4 is 23.0 Å². The molecule has 0 saturated heterocycles. The third-order valence-electron chi connectivity index (χ3n) is 3.03. The van der Waals surface area contributed by atoms with Crippen molar-refractivity contribution in [2.45, 2.75) is 26.3 Å². The Kier molecular flexibility index (Phi) is 2.50. The van der Waals surface area contributed by atoms with Gasteiger partial charge in [0, 0.05) is 18.8 Å². The summed E-state index contributed by atoms with van der Waals surface area (Å²) in [5, 5.41) is 2.84. The van der Waals surface area contributed by atoms with Crippen LogP contribution in [0.4, 0.5) is 17.1 Å². The topological polar surface area (TPSA) is 58.4 Å². The highest BCUT2D eigenvalue weighted by Gasteiger charge is 2.20. The lowest BCUT2D eigenvalue weighted by Gasteiger charge is -2.25. The highest BCUT2D eigenvalue weighted by atomic mass is 16.1. The zero-order valence-corrected chi connectivity index (χ0v) is 9.87. The van der Waals surface area contributed by atoms with E-state index in [9.17, 15) is 4.79 Å². The van der Waals surface area contributed by atoms with E-state index in [-0.39, 0.29) is 5.91 Å². The third kappa shape index (κ3) is 1.71. The average molecular weight is 219 g/mol. The molecule has 3 N–H and O–H groups in total. The molecule has 0 radical (unpaired) electrons. The van der Waals surface area contributed by atoms with E-state index < -0.39 is 0 Å². The SMILES string of the molecule is CC(C)N(C)c1cc2c(cc1N)CC(=O)N2. The molecule has 1 aliphatic heterocycles. The van der Waals surface area contributed by atoms with Crippen LogP contribution in [0, 0.1) is 0 Å². The monoisotopic (exact) mass is 219 g/mol. The molecule has 1 amide bonds. The molecule has 16 heavy (non-hydrogen) atoms. The van der Waals surface area contributed by atoms with E-state index in [1.54, 1.807) is 0 Å². The number of rotatable bonds is 2. The maximum Gasteiger partial charge on any atom is 0.228 e. The predicted molar refractivity (Wildman–Crippen MR) is 66.7 cm³/mol. The van der Waals surface area contributed by atoms with E-state index in [2.05, 4.69) is 24.1 Å². The minimum atomic E-state index is 0.0405. The predicted octanol–water partition coefficient (Wildman–Crippen LogP) is 1.61. The Labute approximate surface area is 95.4 Å². The minimum absolute atomic E-state index is 0.0405. The third-order valence-corrected chi connectivity index (χ3v) is 3.03. The van der Waals surface area contributed by atoms with Crippen molar-refractivity contribution in [2.24, 2.45) is 0 Å². The van der Waals surface area contributed by atoms with Gasteiger partial charge in [0.05, 0.1) is 17.8 Å². The van der Waals surface area contributed by atoms with Gasteiger partial charge in [-0.3, -0.25) is 4.79 Å². The van der Waals surface area contributed by atoms with Gasteiger partial charge in [0.2, 0.25) is 5.91 Å². The standard InChI is InChI=1S/C12H17N3O/c1-7(2)15(3)11-6-10-8(4-9(11)13)5-12(16)14-10/h4,6-7H,5,13H2,1-3H3,(H,14,16). The summed E-state index contributed by atoms with van der Waals surface area (Å²) >= 11 is 0. The zero-order valence-electron chi connectivity index (χ0n) is 9.87. The smallest absolute Gasteiger partial charge is 0.228 e. The fraction of sp³-hybridized carbons (Fsp3) is 0.417. The van der Waals surface area contributed by atoms with Gasteiger partial charge in [-0.05, 0) is 31.5 Å². The van der Waals surface area contributed by atoms with Gasteiger partial charge in [0.15, 0.2) is 0 Å². The molecule has 2 rings (SSSR count). The molecular weight excluding hydrogens is 202 g/mol. The molecule has 0 spiro atoms. The number of nitrogens with two attached hydrogens (primary N) is 1. The Morgan fingerprint density at radius 3 is 2.75 bits per heavy atom. The normalized spacial score (nSPS) is 13.9. The maximum absolute atomic E-state index is 11.3. The van der Waals surface area contributed by atoms with Gasteiger partial charge < -0.3 is 16.0 Å². The van der Waals surface area contributed by atoms with Gasteiger partial charge in [-0.15, -0.1) is 0 Å². The Morgan fingerprint density at radius 1 is 1.44 bits per heavy atom. The summed E-state index contributed by atoms with van der Waals surface area (Å²) in [6.45, 7) is 4.20. The summed E-state index contributed by atoms with van der Waals surface area (Å²) < 4.78 is 0. The number of anilines is 3. The Morgan fingerprint density at radius 2 is 2.12 bits per heavy atom. The molecule has 0 fully saturated rings. The van der Waals surface area contributed by atoms with Crippen LogP contribution in [-0.2, 0) is 11.2 Å². The summed E-state index contributed by atoms with van der Waals surface area (Å²) in [5.41, 5.74) is 9.57. The molecule has 0 unspecified atom stereocenters. The van der Waals surface area contributed by atoms with Crippen molar-refractivity contribution in [3.63, 3.8) is 0 Å². The fourth-order valence-electron chi connectivity index (χ4n) is 1.87. The Balaban J connectivity index is 2.42. The van der Waals surface area contributed by atoms with E-state index >= 15 is 0 Å². The molecule has 0 atom stereocenters. The second-order valence-corrected chi connectivity index (χ2v) is 4.50. The first-order valence-corrected chi connectivity index (χ1v) is 5.44. The number of benzene rings is 1.